The molecule has 3 aromatic rings. The topological polar surface area (TPSA) is 136 Å². The smallest absolute Gasteiger partial charge is 0.255 e. The van der Waals surface area contributed by atoms with Crippen LogP contribution in [0.1, 0.15) is 49.0 Å². The number of carbonyl (C=O) groups excluding carboxylic acids is 1. The van der Waals surface area contributed by atoms with Crippen molar-refractivity contribution in [2.75, 3.05) is 11.9 Å². The number of rotatable bonds is 7. The van der Waals surface area contributed by atoms with E-state index in [1.54, 1.807) is 22.9 Å². The van der Waals surface area contributed by atoms with E-state index in [-0.39, 0.29) is 18.2 Å². The van der Waals surface area contributed by atoms with Crippen LogP contribution in [0, 0.1) is 11.3 Å². The fourth-order valence-corrected chi connectivity index (χ4v) is 3.98. The van der Waals surface area contributed by atoms with Crippen LogP contribution >= 0.6 is 0 Å². The maximum absolute atomic E-state index is 14.2. The molecule has 4 rings (SSSR count). The fourth-order valence-electron chi connectivity index (χ4n) is 3.98. The first-order chi connectivity index (χ1) is 16.2. The van der Waals surface area contributed by atoms with Crippen LogP contribution in [-0.4, -0.2) is 61.1 Å². The summed E-state index contributed by atoms with van der Waals surface area (Å²) in [6.07, 6.45) is 4.72. The van der Waals surface area contributed by atoms with Gasteiger partial charge in [0.15, 0.2) is 0 Å². The van der Waals surface area contributed by atoms with E-state index in [9.17, 15) is 19.4 Å². The maximum Gasteiger partial charge on any atom is 0.255 e. The first-order valence-electron chi connectivity index (χ1n) is 11.1. The van der Waals surface area contributed by atoms with Gasteiger partial charge in [-0.1, -0.05) is 0 Å². The van der Waals surface area contributed by atoms with Gasteiger partial charge in [-0.15, -0.1) is 0 Å². The highest BCUT2D eigenvalue weighted by molar-refractivity contribution is 5.99. The van der Waals surface area contributed by atoms with Gasteiger partial charge in [-0.05, 0) is 45.2 Å². The summed E-state index contributed by atoms with van der Waals surface area (Å²) in [5.74, 6) is -0.0614. The Morgan fingerprint density at radius 2 is 2.15 bits per heavy atom. The summed E-state index contributed by atoms with van der Waals surface area (Å²) >= 11 is 0. The van der Waals surface area contributed by atoms with E-state index >= 15 is 0 Å². The van der Waals surface area contributed by atoms with Crippen LogP contribution in [0.4, 0.5) is 10.1 Å². The molecule has 3 atom stereocenters. The highest BCUT2D eigenvalue weighted by atomic mass is 19.1. The Bertz CT molecular complexity index is 1250. The van der Waals surface area contributed by atoms with Crippen molar-refractivity contribution in [1.29, 1.82) is 5.26 Å². The minimum atomic E-state index is -1.65. The van der Waals surface area contributed by atoms with Gasteiger partial charge in [-0.25, -0.2) is 14.4 Å². The number of nitriles is 1. The van der Waals surface area contributed by atoms with Gasteiger partial charge in [0, 0.05) is 30.0 Å². The summed E-state index contributed by atoms with van der Waals surface area (Å²) in [6, 6.07) is 7.06. The Kier molecular flexibility index (Phi) is 6.50. The number of pyridine rings is 2. The van der Waals surface area contributed by atoms with E-state index in [0.29, 0.717) is 29.1 Å². The van der Waals surface area contributed by atoms with Gasteiger partial charge in [0.25, 0.3) is 5.91 Å². The van der Waals surface area contributed by atoms with Crippen molar-refractivity contribution in [1.82, 2.24) is 19.9 Å². The molecule has 0 saturated heterocycles. The quantitative estimate of drug-likeness (QED) is 0.420. The van der Waals surface area contributed by atoms with E-state index in [2.05, 4.69) is 26.7 Å². The molecule has 1 amide bonds. The number of aromatic nitrogens is 3. The number of fused-ring (bicyclic) bond motifs is 1. The first kappa shape index (κ1) is 23.6. The Morgan fingerprint density at radius 3 is 2.82 bits per heavy atom. The summed E-state index contributed by atoms with van der Waals surface area (Å²) in [6.45, 7) is 2.32. The van der Waals surface area contributed by atoms with Gasteiger partial charge in [0.05, 0.1) is 41.1 Å². The number of aliphatic hydroxyl groups is 2. The van der Waals surface area contributed by atoms with Gasteiger partial charge in [-0.3, -0.25) is 9.36 Å². The molecule has 10 heteroatoms. The zero-order valence-corrected chi connectivity index (χ0v) is 19.0. The molecular weight excluding hydrogens is 439 g/mol. The average molecular weight is 467 g/mol. The second-order valence-electron chi connectivity index (χ2n) is 9.10. The summed E-state index contributed by atoms with van der Waals surface area (Å²) in [5.41, 5.74) is 0.101. The minimum Gasteiger partial charge on any atom is -0.391 e. The molecule has 0 aromatic carbocycles. The average Bonchev–Trinajstić information content (AvgIpc) is 3.41. The van der Waals surface area contributed by atoms with E-state index < -0.39 is 23.8 Å². The predicted octanol–water partition coefficient (Wildman–Crippen LogP) is 2.46. The van der Waals surface area contributed by atoms with E-state index in [1.807, 2.05) is 6.07 Å². The molecule has 1 aliphatic carbocycles. The normalized spacial score (nSPS) is 19.1. The number of anilines is 1. The van der Waals surface area contributed by atoms with E-state index in [4.69, 9.17) is 5.26 Å². The lowest BCUT2D eigenvalue weighted by Crippen LogP contribution is -2.42. The van der Waals surface area contributed by atoms with Crippen molar-refractivity contribution in [2.24, 2.45) is 0 Å². The first-order valence-corrected chi connectivity index (χ1v) is 11.1. The molecule has 9 nitrogen and oxygen atoms in total. The Hall–Kier alpha value is -3.55. The number of nitrogens with one attached hydrogen (secondary N) is 2. The minimum absolute atomic E-state index is 0.196. The molecule has 1 saturated carbocycles. The lowest BCUT2D eigenvalue weighted by molar-refractivity contribution is -0.00177. The van der Waals surface area contributed by atoms with Crippen molar-refractivity contribution in [3.8, 4) is 11.9 Å². The Labute approximate surface area is 196 Å². The molecule has 34 heavy (non-hydrogen) atoms. The standard InChI is InChI=1S/C24H27FN6O3/c1-24(2,34)20(25)13-29-23(33)16-12-27-21(9-18(16)30-17-4-3-5-19(17)32)31-7-6-15-8-14(10-26)11-28-22(15)31/h6-9,11-12,17,19-20,32,34H,3-5,13H2,1-2H3,(H,27,30)(H,29,33)/t17-,19-,20-/m1/s1. The van der Waals surface area contributed by atoms with Crippen LogP contribution in [0.15, 0.2) is 36.8 Å². The Morgan fingerprint density at radius 1 is 1.35 bits per heavy atom. The van der Waals surface area contributed by atoms with Crippen LogP contribution in [0.2, 0.25) is 0 Å². The van der Waals surface area contributed by atoms with Crippen molar-refractivity contribution in [3.63, 3.8) is 0 Å². The van der Waals surface area contributed by atoms with Gasteiger partial charge >= 0.3 is 0 Å². The van der Waals surface area contributed by atoms with Crippen molar-refractivity contribution in [3.05, 3.63) is 47.9 Å². The third-order valence-electron chi connectivity index (χ3n) is 6.07. The summed E-state index contributed by atoms with van der Waals surface area (Å²) in [7, 11) is 0. The van der Waals surface area contributed by atoms with Gasteiger partial charge in [0.2, 0.25) is 0 Å². The zero-order chi connectivity index (χ0) is 24.5. The number of aliphatic hydroxyl groups excluding tert-OH is 1. The maximum atomic E-state index is 14.2. The predicted molar refractivity (Wildman–Crippen MR) is 124 cm³/mol. The highest BCUT2D eigenvalue weighted by Crippen LogP contribution is 2.27. The molecule has 3 aromatic heterocycles. The number of halogens is 1. The van der Waals surface area contributed by atoms with E-state index in [1.165, 1.54) is 26.2 Å². The van der Waals surface area contributed by atoms with Crippen LogP contribution in [-0.2, 0) is 0 Å². The molecule has 0 aliphatic heterocycles. The third kappa shape index (κ3) is 4.85. The molecule has 1 fully saturated rings. The summed E-state index contributed by atoms with van der Waals surface area (Å²) < 4.78 is 15.9. The van der Waals surface area contributed by atoms with Gasteiger partial charge in [-0.2, -0.15) is 5.26 Å². The molecule has 4 N–H and O–H groups in total. The van der Waals surface area contributed by atoms with Crippen molar-refractivity contribution < 1.29 is 19.4 Å². The largest absolute Gasteiger partial charge is 0.391 e. The number of nitrogens with zero attached hydrogens (tertiary/aromatic N) is 4. The van der Waals surface area contributed by atoms with Crippen LogP contribution < -0.4 is 10.6 Å². The van der Waals surface area contributed by atoms with Crippen LogP contribution in [0.3, 0.4) is 0 Å². The Balaban J connectivity index is 1.67. The summed E-state index contributed by atoms with van der Waals surface area (Å²) in [5, 5.41) is 35.7. The van der Waals surface area contributed by atoms with Crippen molar-refractivity contribution in [2.45, 2.75) is 57.0 Å². The summed E-state index contributed by atoms with van der Waals surface area (Å²) in [4.78, 5) is 21.7. The van der Waals surface area contributed by atoms with Crippen LogP contribution in [0.5, 0.6) is 0 Å². The molecular formula is C24H27FN6O3. The second-order valence-corrected chi connectivity index (χ2v) is 9.10. The number of hydrogen-bond acceptors (Lipinski definition) is 7. The molecule has 0 bridgehead atoms. The number of carbonyl (C=O) groups is 1. The fraction of sp³-hybridized carbons (Fsp3) is 0.417. The molecule has 178 valence electrons. The monoisotopic (exact) mass is 466 g/mol. The number of alkyl halides is 1. The second kappa shape index (κ2) is 9.37. The molecule has 0 spiro atoms. The third-order valence-corrected chi connectivity index (χ3v) is 6.07. The number of hydrogen-bond donors (Lipinski definition) is 4. The number of amides is 1. The lowest BCUT2D eigenvalue weighted by atomic mass is 10.0. The van der Waals surface area contributed by atoms with Gasteiger partial charge in [0.1, 0.15) is 23.7 Å². The lowest BCUT2D eigenvalue weighted by Gasteiger charge is -2.23. The van der Waals surface area contributed by atoms with Crippen LogP contribution in [0.25, 0.3) is 16.9 Å². The van der Waals surface area contributed by atoms with Gasteiger partial charge < -0.3 is 20.8 Å². The zero-order valence-electron chi connectivity index (χ0n) is 19.0. The molecule has 0 radical (unpaired) electrons. The van der Waals surface area contributed by atoms with Crippen molar-refractivity contribution >= 4 is 22.6 Å². The highest BCUT2D eigenvalue weighted by Gasteiger charge is 2.29. The molecule has 1 aliphatic rings. The molecule has 0 unspecified atom stereocenters. The van der Waals surface area contributed by atoms with E-state index in [0.717, 1.165) is 18.2 Å². The molecule has 3 heterocycles. The SMILES string of the molecule is CC(C)(O)[C@H](F)CNC(=O)c1cnc(-n2ccc3cc(C#N)cnc32)cc1N[C@@H]1CCC[C@H]1O.